The third kappa shape index (κ3) is 1.71. The predicted octanol–water partition coefficient (Wildman–Crippen LogP) is 1.61. The normalized spacial score (nSPS) is 21.4. The summed E-state index contributed by atoms with van der Waals surface area (Å²) in [5.41, 5.74) is -0.173. The maximum Gasteiger partial charge on any atom is 0.170 e. The number of ketones is 1. The van der Waals surface area contributed by atoms with Gasteiger partial charge in [-0.3, -0.25) is 4.79 Å². The molecule has 2 N–H and O–H groups in total. The van der Waals surface area contributed by atoms with Crippen LogP contribution in [0.2, 0.25) is 0 Å². The van der Waals surface area contributed by atoms with Crippen LogP contribution in [0.4, 0.5) is 0 Å². The smallest absolute Gasteiger partial charge is 0.170 e. The van der Waals surface area contributed by atoms with Gasteiger partial charge in [-0.25, -0.2) is 0 Å². The Hall–Kier alpha value is -1.75. The van der Waals surface area contributed by atoms with E-state index in [4.69, 9.17) is 9.47 Å². The van der Waals surface area contributed by atoms with Crippen LogP contribution >= 0.6 is 0 Å². The summed E-state index contributed by atoms with van der Waals surface area (Å²) in [6.45, 7) is 1.15. The Morgan fingerprint density at radius 2 is 1.78 bits per heavy atom. The summed E-state index contributed by atoms with van der Waals surface area (Å²) in [5.74, 6) is -0.281. The van der Waals surface area contributed by atoms with E-state index in [0.29, 0.717) is 43.8 Å². The van der Waals surface area contributed by atoms with E-state index in [1.54, 1.807) is 0 Å². The highest BCUT2D eigenvalue weighted by Crippen LogP contribution is 2.42. The van der Waals surface area contributed by atoms with Crippen molar-refractivity contribution in [1.29, 1.82) is 0 Å². The molecule has 5 nitrogen and oxygen atoms in total. The fourth-order valence-electron chi connectivity index (χ4n) is 2.54. The van der Waals surface area contributed by atoms with Gasteiger partial charge < -0.3 is 19.7 Å². The molecule has 5 heteroatoms. The number of aromatic hydroxyl groups is 2. The molecule has 2 heterocycles. The Morgan fingerprint density at radius 3 is 2.50 bits per heavy atom. The number of carbonyl (C=O) groups excluding carboxylic acids is 1. The van der Waals surface area contributed by atoms with Crippen molar-refractivity contribution in [3.05, 3.63) is 17.7 Å². The average molecular weight is 250 g/mol. The van der Waals surface area contributed by atoms with Crippen molar-refractivity contribution >= 4 is 5.78 Å². The average Bonchev–Trinajstić information content (AvgIpc) is 2.33. The molecule has 1 fully saturated rings. The Morgan fingerprint density at radius 1 is 1.11 bits per heavy atom. The summed E-state index contributed by atoms with van der Waals surface area (Å²) in [6, 6.07) is 2.57. The van der Waals surface area contributed by atoms with E-state index >= 15 is 0 Å². The molecule has 0 bridgehead atoms. The lowest BCUT2D eigenvalue weighted by molar-refractivity contribution is -0.0505. The molecule has 0 unspecified atom stereocenters. The largest absolute Gasteiger partial charge is 0.504 e. The van der Waals surface area contributed by atoms with Crippen molar-refractivity contribution in [3.63, 3.8) is 0 Å². The van der Waals surface area contributed by atoms with Crippen LogP contribution < -0.4 is 4.74 Å². The fraction of sp³-hybridized carbons (Fsp3) is 0.462. The molecule has 0 atom stereocenters. The van der Waals surface area contributed by atoms with Crippen LogP contribution in [-0.4, -0.2) is 34.8 Å². The van der Waals surface area contributed by atoms with Crippen LogP contribution in [-0.2, 0) is 4.74 Å². The molecule has 0 saturated carbocycles. The number of ether oxygens (including phenoxy) is 2. The van der Waals surface area contributed by atoms with E-state index in [2.05, 4.69) is 0 Å². The van der Waals surface area contributed by atoms with Gasteiger partial charge in [-0.15, -0.1) is 0 Å². The summed E-state index contributed by atoms with van der Waals surface area (Å²) in [4.78, 5) is 12.1. The maximum atomic E-state index is 12.1. The minimum atomic E-state index is -0.508. The van der Waals surface area contributed by atoms with E-state index in [9.17, 15) is 15.0 Å². The number of hydrogen-bond acceptors (Lipinski definition) is 5. The number of phenols is 2. The van der Waals surface area contributed by atoms with Gasteiger partial charge in [-0.1, -0.05) is 0 Å². The molecular weight excluding hydrogens is 236 g/mol. The highest BCUT2D eigenvalue weighted by atomic mass is 16.5. The maximum absolute atomic E-state index is 12.1. The van der Waals surface area contributed by atoms with Crippen LogP contribution in [0.5, 0.6) is 17.2 Å². The van der Waals surface area contributed by atoms with Gasteiger partial charge in [0.15, 0.2) is 17.3 Å². The quantitative estimate of drug-likeness (QED) is 0.684. The molecule has 0 radical (unpaired) electrons. The van der Waals surface area contributed by atoms with Crippen LogP contribution in [0.1, 0.15) is 29.6 Å². The van der Waals surface area contributed by atoms with E-state index in [1.165, 1.54) is 12.1 Å². The first-order chi connectivity index (χ1) is 8.60. The van der Waals surface area contributed by atoms with Crippen molar-refractivity contribution < 1.29 is 24.5 Å². The lowest BCUT2D eigenvalue weighted by atomic mass is 9.84. The summed E-state index contributed by atoms with van der Waals surface area (Å²) in [5, 5.41) is 18.9. The SMILES string of the molecule is O=C1CC2(CCOCC2)Oc2cc(O)c(O)cc21. The van der Waals surface area contributed by atoms with E-state index in [1.807, 2.05) is 0 Å². The molecule has 96 valence electrons. The van der Waals surface area contributed by atoms with Gasteiger partial charge in [-0.2, -0.15) is 0 Å². The summed E-state index contributed by atoms with van der Waals surface area (Å²) < 4.78 is 11.2. The summed E-state index contributed by atoms with van der Waals surface area (Å²) in [7, 11) is 0. The zero-order valence-electron chi connectivity index (χ0n) is 9.81. The molecule has 2 aliphatic heterocycles. The highest BCUT2D eigenvalue weighted by molar-refractivity contribution is 6.01. The van der Waals surface area contributed by atoms with Crippen LogP contribution in [0.25, 0.3) is 0 Å². The number of rotatable bonds is 0. The Labute approximate surface area is 104 Å². The van der Waals surface area contributed by atoms with E-state index < -0.39 is 5.60 Å². The molecule has 0 amide bonds. The Kier molecular flexibility index (Phi) is 2.45. The van der Waals surface area contributed by atoms with Gasteiger partial charge in [0.2, 0.25) is 0 Å². The van der Waals surface area contributed by atoms with Crippen molar-refractivity contribution in [2.24, 2.45) is 0 Å². The molecule has 0 aliphatic carbocycles. The third-order valence-electron chi connectivity index (χ3n) is 3.59. The zero-order chi connectivity index (χ0) is 12.8. The Balaban J connectivity index is 2.01. The van der Waals surface area contributed by atoms with Crippen LogP contribution in [0.15, 0.2) is 12.1 Å². The zero-order valence-corrected chi connectivity index (χ0v) is 9.81. The molecule has 0 aromatic heterocycles. The summed E-state index contributed by atoms with van der Waals surface area (Å²) >= 11 is 0. The van der Waals surface area contributed by atoms with Gasteiger partial charge in [-0.05, 0) is 6.07 Å². The van der Waals surface area contributed by atoms with Crippen molar-refractivity contribution in [3.8, 4) is 17.2 Å². The number of Topliss-reactive ketones (excluding diaryl/α,β-unsaturated/α-hetero) is 1. The predicted molar refractivity (Wildman–Crippen MR) is 62.1 cm³/mol. The summed E-state index contributed by atoms with van der Waals surface area (Å²) in [6.07, 6.45) is 1.63. The van der Waals surface area contributed by atoms with Crippen LogP contribution in [0, 0.1) is 0 Å². The second kappa shape index (κ2) is 3.88. The second-order valence-corrected chi connectivity index (χ2v) is 4.83. The van der Waals surface area contributed by atoms with E-state index in [-0.39, 0.29) is 17.3 Å². The lowest BCUT2D eigenvalue weighted by Crippen LogP contribution is -2.46. The minimum absolute atomic E-state index is 0.0616. The molecule has 3 rings (SSSR count). The first kappa shape index (κ1) is 11.3. The number of carbonyl (C=O) groups is 1. The highest BCUT2D eigenvalue weighted by Gasteiger charge is 2.42. The van der Waals surface area contributed by atoms with Gasteiger partial charge in [0.1, 0.15) is 11.4 Å². The standard InChI is InChI=1S/C13H14O5/c14-9-5-8-11(16)7-13(1-3-17-4-2-13)18-12(8)6-10(9)15/h5-6,14-15H,1-4,7H2. The molecule has 1 aromatic rings. The van der Waals surface area contributed by atoms with Gasteiger partial charge >= 0.3 is 0 Å². The Bertz CT molecular complexity index is 502. The lowest BCUT2D eigenvalue weighted by Gasteiger charge is -2.40. The second-order valence-electron chi connectivity index (χ2n) is 4.83. The third-order valence-corrected chi connectivity index (χ3v) is 3.59. The first-order valence-electron chi connectivity index (χ1n) is 5.96. The molecule has 18 heavy (non-hydrogen) atoms. The van der Waals surface area contributed by atoms with Gasteiger partial charge in [0.25, 0.3) is 0 Å². The number of fused-ring (bicyclic) bond motifs is 1. The van der Waals surface area contributed by atoms with Gasteiger partial charge in [0, 0.05) is 18.9 Å². The topological polar surface area (TPSA) is 76.0 Å². The molecule has 1 aromatic carbocycles. The molecule has 1 spiro atoms. The van der Waals surface area contributed by atoms with E-state index in [0.717, 1.165) is 0 Å². The number of hydrogen-bond donors (Lipinski definition) is 2. The first-order valence-corrected chi connectivity index (χ1v) is 5.96. The monoisotopic (exact) mass is 250 g/mol. The fourth-order valence-corrected chi connectivity index (χ4v) is 2.54. The molecular formula is C13H14O5. The van der Waals surface area contributed by atoms with Crippen molar-refractivity contribution in [2.75, 3.05) is 13.2 Å². The molecule has 1 saturated heterocycles. The number of benzene rings is 1. The molecule has 2 aliphatic rings. The number of phenolic OH excluding ortho intramolecular Hbond substituents is 2. The van der Waals surface area contributed by atoms with Gasteiger partial charge in [0.05, 0.1) is 25.2 Å². The van der Waals surface area contributed by atoms with Crippen LogP contribution in [0.3, 0.4) is 0 Å². The minimum Gasteiger partial charge on any atom is -0.504 e. The van der Waals surface area contributed by atoms with Crippen molar-refractivity contribution in [1.82, 2.24) is 0 Å². The van der Waals surface area contributed by atoms with Crippen molar-refractivity contribution in [2.45, 2.75) is 24.9 Å².